The number of aryl methyl sites for hydroxylation is 1. The van der Waals surface area contributed by atoms with Crippen LogP contribution in [0.15, 0.2) is 29.4 Å². The first-order chi connectivity index (χ1) is 10.6. The lowest BCUT2D eigenvalue weighted by molar-refractivity contribution is 0.585. The molecule has 1 heterocycles. The fourth-order valence-corrected chi connectivity index (χ4v) is 2.54. The van der Waals surface area contributed by atoms with Gasteiger partial charge in [0.15, 0.2) is 5.96 Å². The number of benzene rings is 1. The van der Waals surface area contributed by atoms with Crippen LogP contribution in [-0.2, 0) is 13.1 Å². The third-order valence-electron chi connectivity index (χ3n) is 2.84. The summed E-state index contributed by atoms with van der Waals surface area (Å²) in [6, 6.07) is 3.36. The maximum absolute atomic E-state index is 13.6. The van der Waals surface area contributed by atoms with Gasteiger partial charge in [-0.25, -0.2) is 18.8 Å². The predicted molar refractivity (Wildman–Crippen MR) is 100 cm³/mol. The van der Waals surface area contributed by atoms with E-state index < -0.39 is 11.6 Å². The van der Waals surface area contributed by atoms with Gasteiger partial charge in [0, 0.05) is 23.2 Å². The van der Waals surface area contributed by atoms with E-state index in [2.05, 4.69) is 20.6 Å². The molecule has 0 spiro atoms. The molecule has 0 aliphatic rings. The number of thiazole rings is 1. The number of guanidine groups is 1. The van der Waals surface area contributed by atoms with Crippen LogP contribution in [0.3, 0.4) is 0 Å². The quantitative estimate of drug-likeness (QED) is 0.414. The fraction of sp³-hybridized carbons (Fsp3) is 0.333. The Hall–Kier alpha value is -1.29. The van der Waals surface area contributed by atoms with E-state index in [4.69, 9.17) is 0 Å². The maximum atomic E-state index is 13.6. The Morgan fingerprint density at radius 1 is 1.30 bits per heavy atom. The number of hydrogen-bond donors (Lipinski definition) is 2. The minimum absolute atomic E-state index is 0. The van der Waals surface area contributed by atoms with Crippen molar-refractivity contribution in [2.75, 3.05) is 6.54 Å². The lowest BCUT2D eigenvalue weighted by atomic mass is 10.2. The van der Waals surface area contributed by atoms with Gasteiger partial charge in [0.05, 0.1) is 13.1 Å². The number of aromatic nitrogens is 1. The molecule has 0 radical (unpaired) electrons. The van der Waals surface area contributed by atoms with Crippen molar-refractivity contribution in [2.45, 2.75) is 26.9 Å². The fourth-order valence-electron chi connectivity index (χ4n) is 1.81. The first-order valence-electron chi connectivity index (χ1n) is 6.96. The van der Waals surface area contributed by atoms with E-state index in [1.54, 1.807) is 11.3 Å². The SMILES string of the molecule is CCNC(=NCc1cc(F)ccc1F)NCc1ncc(C)s1.I. The highest BCUT2D eigenvalue weighted by Crippen LogP contribution is 2.11. The van der Waals surface area contributed by atoms with Crippen molar-refractivity contribution in [1.82, 2.24) is 15.6 Å². The lowest BCUT2D eigenvalue weighted by Gasteiger charge is -2.10. The first kappa shape index (κ1) is 19.8. The van der Waals surface area contributed by atoms with Gasteiger partial charge in [0.25, 0.3) is 0 Å². The molecule has 0 atom stereocenters. The molecule has 0 unspecified atom stereocenters. The normalized spacial score (nSPS) is 11.0. The van der Waals surface area contributed by atoms with Crippen LogP contribution in [0.4, 0.5) is 8.78 Å². The number of aliphatic imine (C=N–C) groups is 1. The molecule has 4 nitrogen and oxygen atoms in total. The van der Waals surface area contributed by atoms with E-state index in [1.807, 2.05) is 20.0 Å². The first-order valence-corrected chi connectivity index (χ1v) is 7.77. The van der Waals surface area contributed by atoms with E-state index in [0.29, 0.717) is 19.0 Å². The third kappa shape index (κ3) is 6.38. The molecule has 0 amide bonds. The van der Waals surface area contributed by atoms with Crippen LogP contribution in [0.5, 0.6) is 0 Å². The zero-order valence-electron chi connectivity index (χ0n) is 12.9. The predicted octanol–water partition coefficient (Wildman–Crippen LogP) is 3.60. The third-order valence-corrected chi connectivity index (χ3v) is 3.75. The van der Waals surface area contributed by atoms with Crippen molar-refractivity contribution < 1.29 is 8.78 Å². The van der Waals surface area contributed by atoms with Crippen molar-refractivity contribution in [2.24, 2.45) is 4.99 Å². The van der Waals surface area contributed by atoms with Gasteiger partial charge in [-0.2, -0.15) is 0 Å². The van der Waals surface area contributed by atoms with E-state index >= 15 is 0 Å². The Kier molecular flexibility index (Phi) is 8.38. The standard InChI is InChI=1S/C15H18F2N4S.HI/c1-3-18-15(21-9-14-19-7-10(2)22-14)20-8-11-6-12(16)4-5-13(11)17;/h4-7H,3,8-9H2,1-2H3,(H2,18,20,21);1H. The van der Waals surface area contributed by atoms with Crippen molar-refractivity contribution >= 4 is 41.3 Å². The number of hydrogen-bond acceptors (Lipinski definition) is 3. The molecule has 0 saturated carbocycles. The van der Waals surface area contributed by atoms with Crippen molar-refractivity contribution in [3.63, 3.8) is 0 Å². The molecule has 1 aromatic carbocycles. The summed E-state index contributed by atoms with van der Waals surface area (Å²) in [6.07, 6.45) is 1.81. The van der Waals surface area contributed by atoms with E-state index in [-0.39, 0.29) is 36.1 Å². The van der Waals surface area contributed by atoms with Crippen LogP contribution in [0, 0.1) is 18.6 Å². The van der Waals surface area contributed by atoms with Crippen molar-refractivity contribution in [3.05, 3.63) is 51.5 Å². The average Bonchev–Trinajstić information content (AvgIpc) is 2.91. The van der Waals surface area contributed by atoms with Gasteiger partial charge >= 0.3 is 0 Å². The minimum Gasteiger partial charge on any atom is -0.357 e. The van der Waals surface area contributed by atoms with E-state index in [1.165, 1.54) is 0 Å². The number of nitrogens with one attached hydrogen (secondary N) is 2. The van der Waals surface area contributed by atoms with Gasteiger partial charge in [-0.3, -0.25) is 0 Å². The molecule has 0 fully saturated rings. The summed E-state index contributed by atoms with van der Waals surface area (Å²) in [6.45, 7) is 5.21. The van der Waals surface area contributed by atoms with Crippen LogP contribution < -0.4 is 10.6 Å². The minimum atomic E-state index is -0.470. The molecular weight excluding hydrogens is 433 g/mol. The zero-order valence-corrected chi connectivity index (χ0v) is 16.0. The number of nitrogens with zero attached hydrogens (tertiary/aromatic N) is 2. The lowest BCUT2D eigenvalue weighted by Crippen LogP contribution is -2.36. The van der Waals surface area contributed by atoms with Crippen molar-refractivity contribution in [1.29, 1.82) is 0 Å². The molecule has 0 saturated heterocycles. The summed E-state index contributed by atoms with van der Waals surface area (Å²) in [5.74, 6) is -0.390. The van der Waals surface area contributed by atoms with Gasteiger partial charge in [0.1, 0.15) is 16.6 Å². The van der Waals surface area contributed by atoms with Gasteiger partial charge in [-0.05, 0) is 32.0 Å². The molecule has 2 N–H and O–H groups in total. The second-order valence-electron chi connectivity index (χ2n) is 4.65. The zero-order chi connectivity index (χ0) is 15.9. The topological polar surface area (TPSA) is 49.3 Å². The van der Waals surface area contributed by atoms with Gasteiger partial charge in [-0.15, -0.1) is 35.3 Å². The molecule has 0 aliphatic heterocycles. The Bertz CT molecular complexity index is 661. The summed E-state index contributed by atoms with van der Waals surface area (Å²) in [5.41, 5.74) is 0.224. The van der Waals surface area contributed by atoms with Crippen LogP contribution >= 0.6 is 35.3 Å². The maximum Gasteiger partial charge on any atom is 0.191 e. The summed E-state index contributed by atoms with van der Waals surface area (Å²) in [7, 11) is 0. The molecule has 126 valence electrons. The highest BCUT2D eigenvalue weighted by molar-refractivity contribution is 14.0. The summed E-state index contributed by atoms with van der Waals surface area (Å²) in [4.78, 5) is 9.67. The van der Waals surface area contributed by atoms with Gasteiger partial charge in [0.2, 0.25) is 0 Å². The summed E-state index contributed by atoms with van der Waals surface area (Å²) < 4.78 is 26.7. The Morgan fingerprint density at radius 2 is 2.09 bits per heavy atom. The number of halogens is 3. The Labute approximate surface area is 155 Å². The summed E-state index contributed by atoms with van der Waals surface area (Å²) >= 11 is 1.60. The summed E-state index contributed by atoms with van der Waals surface area (Å²) in [5, 5.41) is 7.13. The van der Waals surface area contributed by atoms with E-state index in [0.717, 1.165) is 28.1 Å². The van der Waals surface area contributed by atoms with Crippen LogP contribution in [-0.4, -0.2) is 17.5 Å². The Balaban J connectivity index is 0.00000264. The Morgan fingerprint density at radius 3 is 2.74 bits per heavy atom. The van der Waals surface area contributed by atoms with Gasteiger partial charge in [-0.1, -0.05) is 0 Å². The van der Waals surface area contributed by atoms with Crippen LogP contribution in [0.25, 0.3) is 0 Å². The number of rotatable bonds is 5. The van der Waals surface area contributed by atoms with Gasteiger partial charge < -0.3 is 10.6 Å². The molecule has 2 rings (SSSR count). The highest BCUT2D eigenvalue weighted by Gasteiger charge is 2.05. The van der Waals surface area contributed by atoms with E-state index in [9.17, 15) is 8.78 Å². The van der Waals surface area contributed by atoms with Crippen molar-refractivity contribution in [3.8, 4) is 0 Å². The molecule has 1 aromatic heterocycles. The molecular formula is C15H19F2IN4S. The second-order valence-corrected chi connectivity index (χ2v) is 5.97. The van der Waals surface area contributed by atoms with Crippen LogP contribution in [0.1, 0.15) is 22.4 Å². The molecule has 8 heteroatoms. The average molecular weight is 452 g/mol. The second kappa shape index (κ2) is 9.76. The molecule has 0 aliphatic carbocycles. The molecule has 2 aromatic rings. The monoisotopic (exact) mass is 452 g/mol. The smallest absolute Gasteiger partial charge is 0.191 e. The molecule has 0 bridgehead atoms. The largest absolute Gasteiger partial charge is 0.357 e. The van der Waals surface area contributed by atoms with Crippen LogP contribution in [0.2, 0.25) is 0 Å². The highest BCUT2D eigenvalue weighted by atomic mass is 127. The molecule has 23 heavy (non-hydrogen) atoms.